The second-order valence-corrected chi connectivity index (χ2v) is 5.40. The first kappa shape index (κ1) is 12.5. The highest BCUT2D eigenvalue weighted by Crippen LogP contribution is 2.37. The molecule has 0 fully saturated rings. The van der Waals surface area contributed by atoms with Gasteiger partial charge in [0.1, 0.15) is 5.75 Å². The van der Waals surface area contributed by atoms with Crippen LogP contribution in [-0.4, -0.2) is 11.9 Å². The molecule has 0 amide bonds. The molecule has 0 unspecified atom stereocenters. The zero-order chi connectivity index (χ0) is 13.1. The summed E-state index contributed by atoms with van der Waals surface area (Å²) in [5.74, 6) is 0.930. The standard InChI is InChI=1S/C16H16BrNO/c17-10-5-11-18-14-7-2-1-6-13(14)12-19-16-9-4-3-8-15(16)18/h1-4,7-9,12H,5-6,10-11H2. The lowest BCUT2D eigenvalue weighted by Crippen LogP contribution is -2.25. The summed E-state index contributed by atoms with van der Waals surface area (Å²) in [5, 5.41) is 1.01. The van der Waals surface area contributed by atoms with E-state index in [1.807, 2.05) is 18.4 Å². The van der Waals surface area contributed by atoms with Gasteiger partial charge in [-0.15, -0.1) is 0 Å². The van der Waals surface area contributed by atoms with Gasteiger partial charge in [-0.1, -0.05) is 40.2 Å². The van der Waals surface area contributed by atoms with Gasteiger partial charge in [0.25, 0.3) is 0 Å². The lowest BCUT2D eigenvalue weighted by Gasteiger charge is -2.28. The molecule has 3 rings (SSSR count). The summed E-state index contributed by atoms with van der Waals surface area (Å²) >= 11 is 3.52. The van der Waals surface area contributed by atoms with Gasteiger partial charge in [-0.05, 0) is 31.1 Å². The monoisotopic (exact) mass is 317 g/mol. The van der Waals surface area contributed by atoms with Gasteiger partial charge < -0.3 is 9.64 Å². The van der Waals surface area contributed by atoms with Crippen LogP contribution in [0.1, 0.15) is 12.8 Å². The molecule has 19 heavy (non-hydrogen) atoms. The molecule has 2 nitrogen and oxygen atoms in total. The fraction of sp³-hybridized carbons (Fsp3) is 0.250. The molecule has 0 spiro atoms. The lowest BCUT2D eigenvalue weighted by molar-refractivity contribution is 0.480. The Morgan fingerprint density at radius 1 is 1.26 bits per heavy atom. The quantitative estimate of drug-likeness (QED) is 0.766. The Hall–Kier alpha value is -1.48. The Morgan fingerprint density at radius 3 is 3.05 bits per heavy atom. The van der Waals surface area contributed by atoms with Gasteiger partial charge in [-0.2, -0.15) is 0 Å². The van der Waals surface area contributed by atoms with Crippen molar-refractivity contribution >= 4 is 21.6 Å². The Morgan fingerprint density at radius 2 is 2.16 bits per heavy atom. The minimum Gasteiger partial charge on any atom is -0.462 e. The van der Waals surface area contributed by atoms with Crippen molar-refractivity contribution < 1.29 is 4.74 Å². The summed E-state index contributed by atoms with van der Waals surface area (Å²) in [6, 6.07) is 8.23. The van der Waals surface area contributed by atoms with E-state index in [-0.39, 0.29) is 0 Å². The molecular formula is C16H16BrNO. The molecular weight excluding hydrogens is 302 g/mol. The molecule has 0 saturated carbocycles. The molecule has 3 heteroatoms. The first-order valence-corrected chi connectivity index (χ1v) is 7.68. The number of halogens is 1. The molecule has 0 radical (unpaired) electrons. The molecule has 2 aliphatic rings. The summed E-state index contributed by atoms with van der Waals surface area (Å²) in [5.41, 5.74) is 3.65. The van der Waals surface area contributed by atoms with Crippen LogP contribution in [0.4, 0.5) is 5.69 Å². The van der Waals surface area contributed by atoms with E-state index in [2.05, 4.69) is 51.2 Å². The van der Waals surface area contributed by atoms with Crippen LogP contribution in [0.25, 0.3) is 0 Å². The summed E-state index contributed by atoms with van der Waals surface area (Å²) in [4.78, 5) is 2.36. The van der Waals surface area contributed by atoms with Crippen molar-refractivity contribution in [2.45, 2.75) is 12.8 Å². The van der Waals surface area contributed by atoms with Crippen LogP contribution in [0.15, 0.2) is 60.0 Å². The molecule has 1 aromatic carbocycles. The maximum absolute atomic E-state index is 5.84. The minimum atomic E-state index is 0.930. The molecule has 98 valence electrons. The van der Waals surface area contributed by atoms with E-state index in [0.29, 0.717) is 0 Å². The van der Waals surface area contributed by atoms with Crippen LogP contribution < -0.4 is 9.64 Å². The van der Waals surface area contributed by atoms with Crippen molar-refractivity contribution in [2.75, 3.05) is 16.8 Å². The highest BCUT2D eigenvalue weighted by molar-refractivity contribution is 9.09. The van der Waals surface area contributed by atoms with E-state index in [1.54, 1.807) is 0 Å². The fourth-order valence-corrected chi connectivity index (χ4v) is 2.69. The van der Waals surface area contributed by atoms with Crippen molar-refractivity contribution in [3.63, 3.8) is 0 Å². The number of allylic oxidation sites excluding steroid dienone is 4. The number of alkyl halides is 1. The summed E-state index contributed by atoms with van der Waals surface area (Å²) in [6.07, 6.45) is 10.4. The van der Waals surface area contributed by atoms with E-state index in [0.717, 1.165) is 36.2 Å². The number of hydrogen-bond acceptors (Lipinski definition) is 2. The molecule has 1 heterocycles. The van der Waals surface area contributed by atoms with Gasteiger partial charge in [-0.25, -0.2) is 0 Å². The number of nitrogens with zero attached hydrogens (tertiary/aromatic N) is 1. The maximum Gasteiger partial charge on any atom is 0.150 e. The maximum atomic E-state index is 5.84. The van der Waals surface area contributed by atoms with Crippen molar-refractivity contribution in [3.05, 3.63) is 60.0 Å². The van der Waals surface area contributed by atoms with Crippen LogP contribution in [0.5, 0.6) is 5.75 Å². The first-order chi connectivity index (χ1) is 9.40. The highest BCUT2D eigenvalue weighted by atomic mass is 79.9. The number of benzene rings is 1. The number of rotatable bonds is 3. The number of anilines is 1. The molecule has 1 aromatic rings. The third kappa shape index (κ3) is 2.47. The van der Waals surface area contributed by atoms with Gasteiger partial charge in [-0.3, -0.25) is 0 Å². The number of ether oxygens (including phenoxy) is 1. The predicted molar refractivity (Wildman–Crippen MR) is 82.8 cm³/mol. The molecule has 0 N–H and O–H groups in total. The Kier molecular flexibility index (Phi) is 3.74. The topological polar surface area (TPSA) is 12.5 Å². The van der Waals surface area contributed by atoms with E-state index in [1.165, 1.54) is 11.3 Å². The largest absolute Gasteiger partial charge is 0.462 e. The van der Waals surface area contributed by atoms with Gasteiger partial charge in [0, 0.05) is 23.1 Å². The highest BCUT2D eigenvalue weighted by Gasteiger charge is 2.22. The molecule has 0 saturated heterocycles. The zero-order valence-electron chi connectivity index (χ0n) is 10.7. The van der Waals surface area contributed by atoms with Crippen molar-refractivity contribution in [1.82, 2.24) is 0 Å². The van der Waals surface area contributed by atoms with Gasteiger partial charge in [0.2, 0.25) is 0 Å². The smallest absolute Gasteiger partial charge is 0.150 e. The first-order valence-electron chi connectivity index (χ1n) is 6.55. The molecule has 1 aliphatic heterocycles. The third-order valence-electron chi connectivity index (χ3n) is 3.35. The second-order valence-electron chi connectivity index (χ2n) is 4.61. The summed E-state index contributed by atoms with van der Waals surface area (Å²) in [6.45, 7) is 0.989. The van der Waals surface area contributed by atoms with Crippen LogP contribution in [-0.2, 0) is 0 Å². The Labute approximate surface area is 122 Å². The number of hydrogen-bond donors (Lipinski definition) is 0. The van der Waals surface area contributed by atoms with Crippen LogP contribution >= 0.6 is 15.9 Å². The summed E-state index contributed by atoms with van der Waals surface area (Å²) < 4.78 is 5.84. The number of para-hydroxylation sites is 2. The van der Waals surface area contributed by atoms with Gasteiger partial charge >= 0.3 is 0 Å². The lowest BCUT2D eigenvalue weighted by atomic mass is 10.0. The number of fused-ring (bicyclic) bond motifs is 2. The van der Waals surface area contributed by atoms with E-state index in [4.69, 9.17) is 4.74 Å². The van der Waals surface area contributed by atoms with Gasteiger partial charge in [0.15, 0.2) is 0 Å². The fourth-order valence-electron chi connectivity index (χ4n) is 2.44. The van der Waals surface area contributed by atoms with Crippen LogP contribution in [0.2, 0.25) is 0 Å². The zero-order valence-corrected chi connectivity index (χ0v) is 12.3. The predicted octanol–water partition coefficient (Wildman–Crippen LogP) is 4.40. The average Bonchev–Trinajstić information content (AvgIpc) is 2.62. The Bertz CT molecular complexity index is 560. The minimum absolute atomic E-state index is 0.930. The second kappa shape index (κ2) is 5.66. The van der Waals surface area contributed by atoms with Crippen molar-refractivity contribution in [3.8, 4) is 5.75 Å². The van der Waals surface area contributed by atoms with Crippen molar-refractivity contribution in [1.29, 1.82) is 0 Å². The van der Waals surface area contributed by atoms with Crippen molar-refractivity contribution in [2.24, 2.45) is 0 Å². The van der Waals surface area contributed by atoms with E-state index >= 15 is 0 Å². The average molecular weight is 318 g/mol. The summed E-state index contributed by atoms with van der Waals surface area (Å²) in [7, 11) is 0. The Balaban J connectivity index is 2.05. The van der Waals surface area contributed by atoms with E-state index < -0.39 is 0 Å². The van der Waals surface area contributed by atoms with Crippen LogP contribution in [0.3, 0.4) is 0 Å². The van der Waals surface area contributed by atoms with Crippen LogP contribution in [0, 0.1) is 0 Å². The van der Waals surface area contributed by atoms with Gasteiger partial charge in [0.05, 0.1) is 11.9 Å². The third-order valence-corrected chi connectivity index (χ3v) is 3.91. The molecule has 0 bridgehead atoms. The molecule has 0 atom stereocenters. The SMILES string of the molecule is BrCCCN1C2=CC=CCC2=COc2ccccc21. The van der Waals surface area contributed by atoms with E-state index in [9.17, 15) is 0 Å². The molecule has 0 aromatic heterocycles. The normalized spacial score (nSPS) is 16.8. The molecule has 1 aliphatic carbocycles.